The molecule has 1 aromatic heterocycles. The van der Waals surface area contributed by atoms with Crippen LogP contribution in [0.3, 0.4) is 0 Å². The molecule has 6 heteroatoms. The number of hydrogen-bond acceptors (Lipinski definition) is 3. The fourth-order valence-corrected chi connectivity index (χ4v) is 1.69. The van der Waals surface area contributed by atoms with E-state index >= 15 is 0 Å². The number of hydrogen-bond donors (Lipinski definition) is 2. The SMILES string of the molecule is OB(O)c1ccc(Br)cc1-n1cccn1. The minimum atomic E-state index is -1.50. The van der Waals surface area contributed by atoms with E-state index in [-0.39, 0.29) is 0 Å². The molecule has 1 aromatic carbocycles. The average molecular weight is 267 g/mol. The van der Waals surface area contributed by atoms with Crippen LogP contribution < -0.4 is 5.46 Å². The third-order valence-corrected chi connectivity index (χ3v) is 2.52. The molecule has 1 heterocycles. The first-order valence-electron chi connectivity index (χ1n) is 4.34. The van der Waals surface area contributed by atoms with E-state index in [0.717, 1.165) is 4.47 Å². The van der Waals surface area contributed by atoms with Crippen molar-refractivity contribution in [2.24, 2.45) is 0 Å². The Balaban J connectivity index is 2.58. The molecule has 4 nitrogen and oxygen atoms in total. The minimum Gasteiger partial charge on any atom is -0.423 e. The molecule has 15 heavy (non-hydrogen) atoms. The molecular formula is C9H8BBrN2O2. The smallest absolute Gasteiger partial charge is 0.423 e. The Bertz CT molecular complexity index is 459. The van der Waals surface area contributed by atoms with Crippen LogP contribution in [0.5, 0.6) is 0 Å². The Kier molecular flexibility index (Phi) is 2.90. The summed E-state index contributed by atoms with van der Waals surface area (Å²) in [5, 5.41) is 22.4. The maximum atomic E-state index is 9.19. The Hall–Kier alpha value is -1.11. The molecule has 0 radical (unpaired) electrons. The lowest BCUT2D eigenvalue weighted by Crippen LogP contribution is -2.33. The zero-order valence-corrected chi connectivity index (χ0v) is 9.29. The van der Waals surface area contributed by atoms with Gasteiger partial charge in [0, 0.05) is 22.3 Å². The Morgan fingerprint density at radius 1 is 1.33 bits per heavy atom. The van der Waals surface area contributed by atoms with E-state index < -0.39 is 7.12 Å². The van der Waals surface area contributed by atoms with Crippen LogP contribution in [0.2, 0.25) is 0 Å². The van der Waals surface area contributed by atoms with E-state index in [4.69, 9.17) is 0 Å². The highest BCUT2D eigenvalue weighted by Crippen LogP contribution is 2.13. The fraction of sp³-hybridized carbons (Fsp3) is 0. The summed E-state index contributed by atoms with van der Waals surface area (Å²) in [6.07, 6.45) is 3.38. The van der Waals surface area contributed by atoms with Crippen molar-refractivity contribution in [2.45, 2.75) is 0 Å². The van der Waals surface area contributed by atoms with Gasteiger partial charge in [-0.3, -0.25) is 0 Å². The Labute approximate surface area is 95.4 Å². The van der Waals surface area contributed by atoms with Crippen molar-refractivity contribution >= 4 is 28.5 Å². The van der Waals surface area contributed by atoms with Gasteiger partial charge in [-0.25, -0.2) is 4.68 Å². The van der Waals surface area contributed by atoms with Crippen LogP contribution in [-0.2, 0) is 0 Å². The number of aromatic nitrogens is 2. The molecule has 0 saturated heterocycles. The molecule has 0 amide bonds. The van der Waals surface area contributed by atoms with E-state index in [1.54, 1.807) is 41.3 Å². The standard InChI is InChI=1S/C9H8BBrN2O2/c11-7-2-3-8(10(14)15)9(6-7)13-5-1-4-12-13/h1-6,14-15H. The highest BCUT2D eigenvalue weighted by Gasteiger charge is 2.17. The van der Waals surface area contributed by atoms with E-state index in [1.165, 1.54) is 0 Å². The minimum absolute atomic E-state index is 0.418. The Morgan fingerprint density at radius 2 is 2.13 bits per heavy atom. The second-order valence-electron chi connectivity index (χ2n) is 3.03. The van der Waals surface area contributed by atoms with Crippen LogP contribution in [0, 0.1) is 0 Å². The normalized spacial score (nSPS) is 10.3. The summed E-state index contributed by atoms with van der Waals surface area (Å²) in [6.45, 7) is 0. The van der Waals surface area contributed by atoms with Crippen molar-refractivity contribution in [2.75, 3.05) is 0 Å². The zero-order valence-electron chi connectivity index (χ0n) is 7.71. The molecule has 0 aliphatic carbocycles. The van der Waals surface area contributed by atoms with Gasteiger partial charge in [-0.2, -0.15) is 5.10 Å². The summed E-state index contributed by atoms with van der Waals surface area (Å²) in [4.78, 5) is 0. The number of benzene rings is 1. The monoisotopic (exact) mass is 266 g/mol. The summed E-state index contributed by atoms with van der Waals surface area (Å²) >= 11 is 3.33. The van der Waals surface area contributed by atoms with E-state index in [0.29, 0.717) is 11.2 Å². The van der Waals surface area contributed by atoms with Crippen molar-refractivity contribution in [1.29, 1.82) is 0 Å². The molecule has 0 aliphatic heterocycles. The summed E-state index contributed by atoms with van der Waals surface area (Å²) in [5.74, 6) is 0. The second kappa shape index (κ2) is 4.18. The zero-order chi connectivity index (χ0) is 10.8. The molecular weight excluding hydrogens is 259 g/mol. The van der Waals surface area contributed by atoms with E-state index in [2.05, 4.69) is 21.0 Å². The van der Waals surface area contributed by atoms with Gasteiger partial charge in [0.2, 0.25) is 0 Å². The molecule has 0 aliphatic rings. The molecule has 76 valence electrons. The quantitative estimate of drug-likeness (QED) is 0.770. The summed E-state index contributed by atoms with van der Waals surface area (Å²) in [6, 6.07) is 6.95. The third-order valence-electron chi connectivity index (χ3n) is 2.02. The van der Waals surface area contributed by atoms with Crippen molar-refractivity contribution in [1.82, 2.24) is 9.78 Å². The lowest BCUT2D eigenvalue weighted by atomic mass is 9.79. The summed E-state index contributed by atoms with van der Waals surface area (Å²) < 4.78 is 2.44. The molecule has 0 fully saturated rings. The van der Waals surface area contributed by atoms with Gasteiger partial charge in [-0.15, -0.1) is 0 Å². The third kappa shape index (κ3) is 2.12. The average Bonchev–Trinajstić information content (AvgIpc) is 2.69. The van der Waals surface area contributed by atoms with Gasteiger partial charge < -0.3 is 10.0 Å². The number of nitrogens with zero attached hydrogens (tertiary/aromatic N) is 2. The maximum Gasteiger partial charge on any atom is 0.490 e. The summed E-state index contributed by atoms with van der Waals surface area (Å²) in [7, 11) is -1.50. The molecule has 0 unspecified atom stereocenters. The number of halogens is 1. The Morgan fingerprint density at radius 3 is 2.73 bits per heavy atom. The van der Waals surface area contributed by atoms with Gasteiger partial charge in [0.1, 0.15) is 0 Å². The van der Waals surface area contributed by atoms with Crippen LogP contribution in [-0.4, -0.2) is 26.9 Å². The second-order valence-corrected chi connectivity index (χ2v) is 3.94. The van der Waals surface area contributed by atoms with Crippen LogP contribution in [0.1, 0.15) is 0 Å². The molecule has 0 saturated carbocycles. The van der Waals surface area contributed by atoms with Crippen molar-refractivity contribution in [3.05, 3.63) is 41.1 Å². The van der Waals surface area contributed by atoms with Crippen molar-refractivity contribution in [3.8, 4) is 5.69 Å². The van der Waals surface area contributed by atoms with Crippen molar-refractivity contribution in [3.63, 3.8) is 0 Å². The predicted octanol–water partition coefficient (Wildman–Crippen LogP) is 0.315. The fourth-order valence-electron chi connectivity index (χ4n) is 1.34. The first-order valence-corrected chi connectivity index (χ1v) is 5.13. The number of rotatable bonds is 2. The highest BCUT2D eigenvalue weighted by atomic mass is 79.9. The van der Waals surface area contributed by atoms with Crippen LogP contribution >= 0.6 is 15.9 Å². The lowest BCUT2D eigenvalue weighted by Gasteiger charge is -2.09. The van der Waals surface area contributed by atoms with Crippen LogP contribution in [0.25, 0.3) is 5.69 Å². The molecule has 2 rings (SSSR count). The first kappa shape index (κ1) is 10.4. The highest BCUT2D eigenvalue weighted by molar-refractivity contribution is 9.10. The van der Waals surface area contributed by atoms with Gasteiger partial charge in [-0.05, 0) is 18.2 Å². The van der Waals surface area contributed by atoms with Gasteiger partial charge >= 0.3 is 7.12 Å². The molecule has 2 N–H and O–H groups in total. The van der Waals surface area contributed by atoms with Gasteiger partial charge in [0.25, 0.3) is 0 Å². The van der Waals surface area contributed by atoms with E-state index in [9.17, 15) is 10.0 Å². The first-order chi connectivity index (χ1) is 7.18. The molecule has 0 atom stereocenters. The van der Waals surface area contributed by atoms with Crippen LogP contribution in [0.4, 0.5) is 0 Å². The lowest BCUT2D eigenvalue weighted by molar-refractivity contribution is 0.425. The largest absolute Gasteiger partial charge is 0.490 e. The van der Waals surface area contributed by atoms with Crippen LogP contribution in [0.15, 0.2) is 41.1 Å². The summed E-state index contributed by atoms with van der Waals surface area (Å²) in [5.41, 5.74) is 1.06. The molecule has 2 aromatic rings. The predicted molar refractivity (Wildman–Crippen MR) is 61.1 cm³/mol. The molecule has 0 bridgehead atoms. The van der Waals surface area contributed by atoms with Gasteiger partial charge in [-0.1, -0.05) is 22.0 Å². The maximum absolute atomic E-state index is 9.19. The van der Waals surface area contributed by atoms with E-state index in [1.807, 2.05) is 0 Å². The molecule has 0 spiro atoms. The van der Waals surface area contributed by atoms with Gasteiger partial charge in [0.05, 0.1) is 5.69 Å². The van der Waals surface area contributed by atoms with Gasteiger partial charge in [0.15, 0.2) is 0 Å². The topological polar surface area (TPSA) is 58.3 Å². The van der Waals surface area contributed by atoms with Crippen molar-refractivity contribution < 1.29 is 10.0 Å².